The van der Waals surface area contributed by atoms with E-state index < -0.39 is 0 Å². The van der Waals surface area contributed by atoms with Crippen molar-refractivity contribution in [2.75, 3.05) is 0 Å². The van der Waals surface area contributed by atoms with Crippen LogP contribution < -0.4 is 0 Å². The maximum atomic E-state index is 5.90. The van der Waals surface area contributed by atoms with Crippen LogP contribution in [-0.2, 0) is 0 Å². The predicted octanol–water partition coefficient (Wildman–Crippen LogP) is 5.32. The Balaban J connectivity index is 1.86. The molecule has 1 radical (unpaired) electrons. The van der Waals surface area contributed by atoms with Gasteiger partial charge in [-0.05, 0) is 46.5 Å². The first-order valence-corrected chi connectivity index (χ1v) is 6.53. The molecule has 0 nitrogen and oxygen atoms in total. The van der Waals surface area contributed by atoms with Crippen molar-refractivity contribution in [3.63, 3.8) is 0 Å². The van der Waals surface area contributed by atoms with Crippen molar-refractivity contribution < 1.29 is 0 Å². The normalized spacial score (nSPS) is 15.3. The van der Waals surface area contributed by atoms with Crippen molar-refractivity contribution in [2.24, 2.45) is 0 Å². The van der Waals surface area contributed by atoms with Crippen LogP contribution in [0.2, 0.25) is 5.02 Å². The average Bonchev–Trinajstić information content (AvgIpc) is 2.94. The minimum absolute atomic E-state index is 0.764. The van der Waals surface area contributed by atoms with Crippen LogP contribution in [0.3, 0.4) is 0 Å². The van der Waals surface area contributed by atoms with E-state index >= 15 is 0 Å². The standard InChI is InChI=1S/C18H12Cl/c19-18-11-9-17(10-12-18)16-7-5-15(6-8-16)13-14-3-1-2-4-14/h1-3,5-13H. The molecule has 3 rings (SSSR count). The summed E-state index contributed by atoms with van der Waals surface area (Å²) in [5, 5.41) is 0.764. The molecule has 0 aliphatic heterocycles. The average molecular weight is 264 g/mol. The van der Waals surface area contributed by atoms with Crippen LogP contribution in [0, 0.1) is 6.08 Å². The molecule has 1 aliphatic rings. The summed E-state index contributed by atoms with van der Waals surface area (Å²) in [4.78, 5) is 0. The van der Waals surface area contributed by atoms with E-state index in [4.69, 9.17) is 11.6 Å². The van der Waals surface area contributed by atoms with Crippen LogP contribution >= 0.6 is 11.6 Å². The van der Waals surface area contributed by atoms with Gasteiger partial charge < -0.3 is 0 Å². The van der Waals surface area contributed by atoms with Crippen LogP contribution in [0.5, 0.6) is 0 Å². The fourth-order valence-electron chi connectivity index (χ4n) is 2.03. The number of rotatable bonds is 2. The van der Waals surface area contributed by atoms with Gasteiger partial charge in [-0.3, -0.25) is 0 Å². The Labute approximate surface area is 118 Å². The van der Waals surface area contributed by atoms with Crippen molar-refractivity contribution in [3.05, 3.63) is 89.0 Å². The molecule has 0 heterocycles. The smallest absolute Gasteiger partial charge is 0.0406 e. The fourth-order valence-corrected chi connectivity index (χ4v) is 2.15. The molecule has 0 saturated heterocycles. The van der Waals surface area contributed by atoms with Crippen LogP contribution in [0.15, 0.2) is 72.3 Å². The molecule has 0 atom stereocenters. The Morgan fingerprint density at radius 2 is 1.47 bits per heavy atom. The molecule has 0 unspecified atom stereocenters. The molecule has 2 aromatic carbocycles. The number of allylic oxidation sites excluding steroid dienone is 5. The summed E-state index contributed by atoms with van der Waals surface area (Å²) in [6.07, 6.45) is 11.3. The van der Waals surface area contributed by atoms with E-state index in [1.165, 1.54) is 16.7 Å². The zero-order chi connectivity index (χ0) is 13.1. The van der Waals surface area contributed by atoms with Crippen molar-refractivity contribution in [2.45, 2.75) is 0 Å². The van der Waals surface area contributed by atoms with Crippen LogP contribution in [0.4, 0.5) is 0 Å². The monoisotopic (exact) mass is 263 g/mol. The molecular weight excluding hydrogens is 252 g/mol. The van der Waals surface area contributed by atoms with Gasteiger partial charge in [-0.1, -0.05) is 66.2 Å². The first-order chi connectivity index (χ1) is 9.31. The molecule has 1 aliphatic carbocycles. The van der Waals surface area contributed by atoms with Crippen molar-refractivity contribution >= 4 is 17.7 Å². The second kappa shape index (κ2) is 5.29. The quantitative estimate of drug-likeness (QED) is 0.688. The van der Waals surface area contributed by atoms with Gasteiger partial charge in [-0.15, -0.1) is 0 Å². The SMILES string of the molecule is Clc1ccc(-c2ccc(C=C3[C]=CC=C3)cc2)cc1. The maximum absolute atomic E-state index is 5.90. The summed E-state index contributed by atoms with van der Waals surface area (Å²) in [6.45, 7) is 0. The van der Waals surface area contributed by atoms with E-state index in [-0.39, 0.29) is 0 Å². The van der Waals surface area contributed by atoms with Gasteiger partial charge in [-0.2, -0.15) is 0 Å². The Kier molecular flexibility index (Phi) is 3.35. The van der Waals surface area contributed by atoms with E-state index in [1.54, 1.807) is 0 Å². The molecule has 0 saturated carbocycles. The zero-order valence-corrected chi connectivity index (χ0v) is 11.1. The molecule has 91 valence electrons. The second-order valence-electron chi connectivity index (χ2n) is 4.40. The molecular formula is C18H12Cl. The van der Waals surface area contributed by atoms with Gasteiger partial charge in [0.2, 0.25) is 0 Å². The van der Waals surface area contributed by atoms with E-state index in [2.05, 4.69) is 36.4 Å². The Hall–Kier alpha value is -2.05. The number of hydrogen-bond acceptors (Lipinski definition) is 0. The molecule has 0 fully saturated rings. The predicted molar refractivity (Wildman–Crippen MR) is 81.8 cm³/mol. The van der Waals surface area contributed by atoms with Gasteiger partial charge in [0.15, 0.2) is 0 Å². The molecule has 1 heteroatoms. The van der Waals surface area contributed by atoms with Gasteiger partial charge in [0, 0.05) is 5.02 Å². The highest BCUT2D eigenvalue weighted by atomic mass is 35.5. The molecule has 0 bridgehead atoms. The number of halogens is 1. The first kappa shape index (κ1) is 12.0. The molecule has 0 spiro atoms. The minimum Gasteiger partial charge on any atom is -0.0843 e. The number of hydrogen-bond donors (Lipinski definition) is 0. The summed E-state index contributed by atoms with van der Waals surface area (Å²) in [5.41, 5.74) is 4.66. The third kappa shape index (κ3) is 2.86. The van der Waals surface area contributed by atoms with Crippen molar-refractivity contribution in [3.8, 4) is 11.1 Å². The summed E-state index contributed by atoms with van der Waals surface area (Å²) in [7, 11) is 0. The number of benzene rings is 2. The minimum atomic E-state index is 0.764. The lowest BCUT2D eigenvalue weighted by Crippen LogP contribution is -1.79. The van der Waals surface area contributed by atoms with Gasteiger partial charge in [0.1, 0.15) is 0 Å². The summed E-state index contributed by atoms with van der Waals surface area (Å²) in [6, 6.07) is 16.4. The maximum Gasteiger partial charge on any atom is 0.0406 e. The van der Waals surface area contributed by atoms with Crippen LogP contribution in [-0.4, -0.2) is 0 Å². The van der Waals surface area contributed by atoms with E-state index in [0.29, 0.717) is 0 Å². The van der Waals surface area contributed by atoms with Gasteiger partial charge in [0.05, 0.1) is 0 Å². The Bertz CT molecular complexity index is 642. The molecule has 19 heavy (non-hydrogen) atoms. The van der Waals surface area contributed by atoms with E-state index in [1.807, 2.05) is 42.5 Å². The zero-order valence-electron chi connectivity index (χ0n) is 10.3. The van der Waals surface area contributed by atoms with Gasteiger partial charge >= 0.3 is 0 Å². The van der Waals surface area contributed by atoms with Gasteiger partial charge in [-0.25, -0.2) is 0 Å². The van der Waals surface area contributed by atoms with E-state index in [0.717, 1.165) is 10.6 Å². The topological polar surface area (TPSA) is 0 Å². The highest BCUT2D eigenvalue weighted by molar-refractivity contribution is 6.30. The first-order valence-electron chi connectivity index (χ1n) is 6.15. The largest absolute Gasteiger partial charge is 0.0843 e. The fraction of sp³-hybridized carbons (Fsp3) is 0. The van der Waals surface area contributed by atoms with Crippen molar-refractivity contribution in [1.82, 2.24) is 0 Å². The van der Waals surface area contributed by atoms with Crippen LogP contribution in [0.1, 0.15) is 5.56 Å². The Morgan fingerprint density at radius 1 is 0.842 bits per heavy atom. The third-order valence-electron chi connectivity index (χ3n) is 3.03. The molecule has 0 amide bonds. The summed E-state index contributed by atoms with van der Waals surface area (Å²) >= 11 is 5.90. The molecule has 0 aromatic heterocycles. The van der Waals surface area contributed by atoms with Crippen LogP contribution in [0.25, 0.3) is 17.2 Å². The van der Waals surface area contributed by atoms with E-state index in [9.17, 15) is 0 Å². The third-order valence-corrected chi connectivity index (χ3v) is 3.28. The summed E-state index contributed by atoms with van der Waals surface area (Å²) < 4.78 is 0. The van der Waals surface area contributed by atoms with Gasteiger partial charge in [0.25, 0.3) is 0 Å². The molecule has 2 aromatic rings. The highest BCUT2D eigenvalue weighted by Crippen LogP contribution is 2.22. The Morgan fingerprint density at radius 3 is 2.05 bits per heavy atom. The lowest BCUT2D eigenvalue weighted by Gasteiger charge is -2.03. The lowest BCUT2D eigenvalue weighted by molar-refractivity contribution is 1.59. The highest BCUT2D eigenvalue weighted by Gasteiger charge is 1.98. The van der Waals surface area contributed by atoms with Crippen molar-refractivity contribution in [1.29, 1.82) is 0 Å². The molecule has 0 N–H and O–H groups in total. The summed E-state index contributed by atoms with van der Waals surface area (Å²) in [5.74, 6) is 0. The lowest BCUT2D eigenvalue weighted by atomic mass is 10.0. The second-order valence-corrected chi connectivity index (χ2v) is 4.84.